The van der Waals surface area contributed by atoms with Crippen molar-refractivity contribution >= 4 is 56.8 Å². The molecule has 0 aliphatic carbocycles. The van der Waals surface area contributed by atoms with Crippen molar-refractivity contribution in [1.82, 2.24) is 40.0 Å². The Kier molecular flexibility index (Phi) is 11.4. The molecule has 0 spiro atoms. The van der Waals surface area contributed by atoms with Crippen LogP contribution < -0.4 is 5.32 Å². The van der Waals surface area contributed by atoms with E-state index in [9.17, 15) is 29.4 Å². The van der Waals surface area contributed by atoms with E-state index in [2.05, 4.69) is 57.7 Å². The fourth-order valence-corrected chi connectivity index (χ4v) is 8.94. The number of aliphatic hydroxyl groups is 1. The molecule has 0 bridgehead atoms. The van der Waals surface area contributed by atoms with Crippen molar-refractivity contribution in [3.8, 4) is 22.3 Å². The lowest BCUT2D eigenvalue weighted by Crippen LogP contribution is -2.63. The third-order valence-electron chi connectivity index (χ3n) is 12.8. The molecular formula is C46H52N8O8. The van der Waals surface area contributed by atoms with Crippen molar-refractivity contribution in [2.24, 2.45) is 0 Å². The highest BCUT2D eigenvalue weighted by atomic mass is 16.5. The van der Waals surface area contributed by atoms with Gasteiger partial charge in [0.05, 0.1) is 53.5 Å². The molecule has 16 heteroatoms. The molecule has 62 heavy (non-hydrogen) atoms. The summed E-state index contributed by atoms with van der Waals surface area (Å²) in [6.45, 7) is 5.63. The summed E-state index contributed by atoms with van der Waals surface area (Å²) in [7, 11) is 4.07. The van der Waals surface area contributed by atoms with Gasteiger partial charge in [0.2, 0.25) is 5.91 Å². The number of benzene rings is 4. The number of methoxy groups -OCH3 is 2. The Morgan fingerprint density at radius 1 is 0.790 bits per heavy atom. The number of H-pyrrole nitrogens is 2. The number of nitrogens with one attached hydrogen (secondary N) is 3. The first-order valence-electron chi connectivity index (χ1n) is 20.9. The highest BCUT2D eigenvalue weighted by Crippen LogP contribution is 2.37. The highest BCUT2D eigenvalue weighted by molar-refractivity contribution is 5.94. The molecule has 2 aliphatic heterocycles. The number of likely N-dealkylation sites (tertiary alicyclic amines) is 2. The zero-order valence-electron chi connectivity index (χ0n) is 35.6. The molecule has 4 heterocycles. The van der Waals surface area contributed by atoms with Gasteiger partial charge in [0.1, 0.15) is 23.2 Å². The van der Waals surface area contributed by atoms with Gasteiger partial charge in [-0.1, -0.05) is 36.4 Å². The lowest BCUT2D eigenvalue weighted by atomic mass is 9.93. The van der Waals surface area contributed by atoms with Gasteiger partial charge in [0.15, 0.2) is 0 Å². The van der Waals surface area contributed by atoms with E-state index in [1.165, 1.54) is 35.1 Å². The van der Waals surface area contributed by atoms with Crippen molar-refractivity contribution < 1.29 is 38.9 Å². The number of imidazole rings is 2. The van der Waals surface area contributed by atoms with Crippen LogP contribution in [0.4, 0.5) is 9.59 Å². The van der Waals surface area contributed by atoms with E-state index in [1.54, 1.807) is 16.7 Å². The third-order valence-corrected chi connectivity index (χ3v) is 12.8. The molecule has 2 saturated heterocycles. The summed E-state index contributed by atoms with van der Waals surface area (Å²) in [5, 5.41) is 24.9. The van der Waals surface area contributed by atoms with E-state index < -0.39 is 41.9 Å². The van der Waals surface area contributed by atoms with Crippen LogP contribution in [0.3, 0.4) is 0 Å². The number of aromatic amines is 2. The predicted molar refractivity (Wildman–Crippen MR) is 233 cm³/mol. The Bertz CT molecular complexity index is 2690. The molecule has 6 atom stereocenters. The minimum Gasteiger partial charge on any atom is -0.465 e. The molecule has 5 N–H and O–H groups in total. The van der Waals surface area contributed by atoms with Gasteiger partial charge in [-0.15, -0.1) is 0 Å². The number of ether oxygens (including phenoxy) is 2. The summed E-state index contributed by atoms with van der Waals surface area (Å²) in [5.41, 5.74) is 5.68. The van der Waals surface area contributed by atoms with Crippen molar-refractivity contribution in [2.45, 2.75) is 82.3 Å². The number of carbonyl (C=O) groups excluding carboxylic acids is 3. The second-order valence-corrected chi connectivity index (χ2v) is 16.6. The molecule has 324 valence electrons. The van der Waals surface area contributed by atoms with E-state index in [1.807, 2.05) is 30.3 Å². The van der Waals surface area contributed by atoms with Gasteiger partial charge in [-0.25, -0.2) is 19.6 Å². The lowest BCUT2D eigenvalue weighted by molar-refractivity contribution is -0.143. The van der Waals surface area contributed by atoms with E-state index in [4.69, 9.17) is 19.4 Å². The number of amides is 4. The molecule has 6 aromatic rings. The van der Waals surface area contributed by atoms with E-state index in [-0.39, 0.29) is 18.0 Å². The van der Waals surface area contributed by atoms with Crippen LogP contribution in [0, 0.1) is 0 Å². The average molecular weight is 845 g/mol. The summed E-state index contributed by atoms with van der Waals surface area (Å²) in [4.78, 5) is 72.7. The Balaban J connectivity index is 1.00. The second kappa shape index (κ2) is 16.7. The smallest absolute Gasteiger partial charge is 0.407 e. The first-order valence-corrected chi connectivity index (χ1v) is 20.9. The maximum atomic E-state index is 13.8. The number of aliphatic hydroxyl groups excluding tert-OH is 1. The van der Waals surface area contributed by atoms with Crippen molar-refractivity contribution in [1.29, 1.82) is 0 Å². The zero-order valence-corrected chi connectivity index (χ0v) is 35.6. The standard InChI is InChI=1S/C46H52N8O8/c1-25(61-5)39(52(4)45(59)60)42(56)53-19-7-9-37(53)40-47-33-17-15-31(23-35(33)49-40)29-13-11-28-22-30(14-12-27(28)21-29)32-16-18-34-36(24-32)50-41(48-34)38-10-8-20-54(38)43(57)46(3,26(2)55)51-44(58)62-6/h11-18,21-26,37-39,55H,7-10,19-20H2,1-6H3,(H,47,49)(H,48,50)(H,51,58)(H,59,60)/t25-,26-,37+,38+,39+,46+/m1/s1. The molecule has 8 rings (SSSR count). The Morgan fingerprint density at radius 3 is 1.76 bits per heavy atom. The zero-order chi connectivity index (χ0) is 44.0. The van der Waals surface area contributed by atoms with E-state index >= 15 is 0 Å². The normalized spacial score (nSPS) is 19.1. The van der Waals surface area contributed by atoms with Crippen LogP contribution in [0.25, 0.3) is 55.1 Å². The number of aromatic nitrogens is 4. The number of likely N-dealkylation sites (N-methyl/N-ethyl adjacent to an activating group) is 1. The molecule has 0 saturated carbocycles. The number of rotatable bonds is 11. The first-order chi connectivity index (χ1) is 29.7. The van der Waals surface area contributed by atoms with Crippen LogP contribution in [0.15, 0.2) is 72.8 Å². The van der Waals surface area contributed by atoms with Gasteiger partial charge in [-0.05, 0) is 116 Å². The minimum absolute atomic E-state index is 0.306. The fraction of sp³-hybridized carbons (Fsp3) is 0.391. The minimum atomic E-state index is -1.58. The highest BCUT2D eigenvalue weighted by Gasteiger charge is 2.47. The van der Waals surface area contributed by atoms with Crippen molar-refractivity contribution in [3.05, 3.63) is 84.4 Å². The quantitative estimate of drug-likeness (QED) is 0.0926. The van der Waals surface area contributed by atoms with Gasteiger partial charge >= 0.3 is 12.2 Å². The van der Waals surface area contributed by atoms with E-state index in [0.717, 1.165) is 72.8 Å². The van der Waals surface area contributed by atoms with Gasteiger partial charge in [0, 0.05) is 27.2 Å². The molecule has 16 nitrogen and oxygen atoms in total. The van der Waals surface area contributed by atoms with Gasteiger partial charge in [-0.3, -0.25) is 14.5 Å². The number of carbonyl (C=O) groups is 4. The molecule has 0 unspecified atom stereocenters. The van der Waals surface area contributed by atoms with E-state index in [0.29, 0.717) is 37.6 Å². The third kappa shape index (κ3) is 7.68. The molecule has 2 aliphatic rings. The number of fused-ring (bicyclic) bond motifs is 3. The summed E-state index contributed by atoms with van der Waals surface area (Å²) in [6, 6.07) is 23.2. The largest absolute Gasteiger partial charge is 0.465 e. The van der Waals surface area contributed by atoms with Gasteiger partial charge in [0.25, 0.3) is 5.91 Å². The number of carboxylic acid groups (broad SMARTS) is 1. The number of alkyl carbamates (subject to hydrolysis) is 1. The molecule has 2 fully saturated rings. The molecule has 2 aromatic heterocycles. The summed E-state index contributed by atoms with van der Waals surface area (Å²) < 4.78 is 10.2. The molecule has 0 radical (unpaired) electrons. The monoisotopic (exact) mass is 844 g/mol. The van der Waals surface area contributed by atoms with Crippen LogP contribution >= 0.6 is 0 Å². The van der Waals surface area contributed by atoms with Crippen LogP contribution in [0.1, 0.15) is 70.2 Å². The average Bonchev–Trinajstić information content (AvgIpc) is 4.10. The Morgan fingerprint density at radius 2 is 1.27 bits per heavy atom. The summed E-state index contributed by atoms with van der Waals surface area (Å²) >= 11 is 0. The molecular weight excluding hydrogens is 793 g/mol. The number of hydrogen-bond donors (Lipinski definition) is 5. The topological polar surface area (TPSA) is 206 Å². The number of nitrogens with zero attached hydrogens (tertiary/aromatic N) is 5. The summed E-state index contributed by atoms with van der Waals surface area (Å²) in [5.74, 6) is 0.599. The Labute approximate surface area is 358 Å². The van der Waals surface area contributed by atoms with Crippen LogP contribution in [-0.2, 0) is 19.1 Å². The fourth-order valence-electron chi connectivity index (χ4n) is 8.94. The summed E-state index contributed by atoms with van der Waals surface area (Å²) in [6.07, 6.45) is -0.882. The van der Waals surface area contributed by atoms with Crippen molar-refractivity contribution in [2.75, 3.05) is 34.4 Å². The predicted octanol–water partition coefficient (Wildman–Crippen LogP) is 6.76. The molecule has 4 aromatic carbocycles. The Hall–Kier alpha value is -6.52. The lowest BCUT2D eigenvalue weighted by Gasteiger charge is -2.37. The van der Waals surface area contributed by atoms with Crippen LogP contribution in [0.2, 0.25) is 0 Å². The first kappa shape index (κ1) is 42.2. The van der Waals surface area contributed by atoms with Crippen LogP contribution in [-0.4, -0.2) is 127 Å². The SMILES string of the molecule is COC(=O)N[C@](C)(C(=O)N1CCC[C@H]1c1nc2cc(-c3ccc4cc(-c5ccc6[nH]c([C@@H]7CCCN7C(=O)[C@H]([C@@H](C)OC)N(C)C(=O)O)nc6c5)ccc4c3)ccc2[nH]1)[C@@H](C)O. The number of hydrogen-bond acceptors (Lipinski definition) is 9. The van der Waals surface area contributed by atoms with Crippen molar-refractivity contribution in [3.63, 3.8) is 0 Å². The van der Waals surface area contributed by atoms with Gasteiger partial charge < -0.3 is 44.8 Å². The maximum absolute atomic E-state index is 13.8. The van der Waals surface area contributed by atoms with Gasteiger partial charge in [-0.2, -0.15) is 0 Å². The van der Waals surface area contributed by atoms with Crippen LogP contribution in [0.5, 0.6) is 0 Å². The maximum Gasteiger partial charge on any atom is 0.407 e. The molecule has 4 amide bonds. The second-order valence-electron chi connectivity index (χ2n) is 16.6.